The lowest BCUT2D eigenvalue weighted by atomic mass is 10.3. The third-order valence-corrected chi connectivity index (χ3v) is 4.87. The highest BCUT2D eigenvalue weighted by molar-refractivity contribution is 9.10. The molecule has 1 aromatic carbocycles. The molecule has 2 rings (SSSR count). The zero-order valence-electron chi connectivity index (χ0n) is 10.0. The standard InChI is InChI=1S/C12H11BrFNO3S/c1-15(8-10-3-2-6-18-10)19(16,17)12-5-4-9(13)7-11(12)14/h2-7H,8H2,1H3. The molecule has 7 heteroatoms. The molecule has 0 saturated heterocycles. The fourth-order valence-electron chi connectivity index (χ4n) is 1.56. The van der Waals surface area contributed by atoms with E-state index in [9.17, 15) is 12.8 Å². The van der Waals surface area contributed by atoms with E-state index in [0.717, 1.165) is 10.4 Å². The zero-order chi connectivity index (χ0) is 14.0. The van der Waals surface area contributed by atoms with Gasteiger partial charge in [0.1, 0.15) is 16.5 Å². The summed E-state index contributed by atoms with van der Waals surface area (Å²) in [5, 5.41) is 0. The summed E-state index contributed by atoms with van der Waals surface area (Å²) in [4.78, 5) is -0.357. The molecule has 0 saturated carbocycles. The molecule has 0 bridgehead atoms. The minimum atomic E-state index is -3.88. The summed E-state index contributed by atoms with van der Waals surface area (Å²) in [5.74, 6) is -0.302. The molecule has 0 radical (unpaired) electrons. The van der Waals surface area contributed by atoms with E-state index < -0.39 is 15.8 Å². The van der Waals surface area contributed by atoms with Crippen LogP contribution in [0.4, 0.5) is 4.39 Å². The summed E-state index contributed by atoms with van der Waals surface area (Å²) in [6.07, 6.45) is 1.45. The molecule has 0 atom stereocenters. The average molecular weight is 348 g/mol. The van der Waals surface area contributed by atoms with Gasteiger partial charge >= 0.3 is 0 Å². The second kappa shape index (κ2) is 5.44. The Hall–Kier alpha value is -1.18. The van der Waals surface area contributed by atoms with Crippen molar-refractivity contribution >= 4 is 26.0 Å². The smallest absolute Gasteiger partial charge is 0.246 e. The Bertz CT molecular complexity index is 670. The fourth-order valence-corrected chi connectivity index (χ4v) is 3.07. The van der Waals surface area contributed by atoms with Crippen LogP contribution in [0.2, 0.25) is 0 Å². The first-order chi connectivity index (χ1) is 8.91. The number of halogens is 2. The van der Waals surface area contributed by atoms with Crippen molar-refractivity contribution in [3.63, 3.8) is 0 Å². The molecule has 0 fully saturated rings. The summed E-state index contributed by atoms with van der Waals surface area (Å²) in [6.45, 7) is 0.0465. The van der Waals surface area contributed by atoms with Gasteiger partial charge in [-0.1, -0.05) is 15.9 Å². The Morgan fingerprint density at radius 1 is 1.37 bits per heavy atom. The molecule has 4 nitrogen and oxygen atoms in total. The first kappa shape index (κ1) is 14.2. The molecule has 102 valence electrons. The Balaban J connectivity index is 2.31. The number of sulfonamides is 1. The van der Waals surface area contributed by atoms with Crippen molar-refractivity contribution < 1.29 is 17.2 Å². The maximum Gasteiger partial charge on any atom is 0.246 e. The number of hydrogen-bond donors (Lipinski definition) is 0. The number of rotatable bonds is 4. The molecule has 0 amide bonds. The van der Waals surface area contributed by atoms with Crippen molar-refractivity contribution in [1.82, 2.24) is 4.31 Å². The minimum absolute atomic E-state index is 0.0465. The quantitative estimate of drug-likeness (QED) is 0.854. The predicted octanol–water partition coefficient (Wildman–Crippen LogP) is 3.00. The van der Waals surface area contributed by atoms with Gasteiger partial charge in [0.05, 0.1) is 12.8 Å². The molecule has 0 spiro atoms. The monoisotopic (exact) mass is 347 g/mol. The lowest BCUT2D eigenvalue weighted by molar-refractivity contribution is 0.404. The third kappa shape index (κ3) is 3.05. The van der Waals surface area contributed by atoms with E-state index in [1.807, 2.05) is 0 Å². The van der Waals surface area contributed by atoms with E-state index in [-0.39, 0.29) is 11.4 Å². The Morgan fingerprint density at radius 2 is 2.11 bits per heavy atom. The van der Waals surface area contributed by atoms with E-state index in [2.05, 4.69) is 15.9 Å². The fraction of sp³-hybridized carbons (Fsp3) is 0.167. The van der Waals surface area contributed by atoms with Crippen LogP contribution in [0.15, 0.2) is 50.4 Å². The summed E-state index contributed by atoms with van der Waals surface area (Å²) >= 11 is 3.09. The van der Waals surface area contributed by atoms with Crippen LogP contribution < -0.4 is 0 Å². The van der Waals surface area contributed by atoms with Crippen molar-refractivity contribution in [2.75, 3.05) is 7.05 Å². The maximum atomic E-state index is 13.7. The molecule has 2 aromatic rings. The van der Waals surface area contributed by atoms with Crippen molar-refractivity contribution in [2.24, 2.45) is 0 Å². The minimum Gasteiger partial charge on any atom is -0.468 e. The SMILES string of the molecule is CN(Cc1ccco1)S(=O)(=O)c1ccc(Br)cc1F. The highest BCUT2D eigenvalue weighted by atomic mass is 79.9. The Labute approximate surface area is 119 Å². The van der Waals surface area contributed by atoms with Crippen LogP contribution in [0.5, 0.6) is 0 Å². The number of hydrogen-bond acceptors (Lipinski definition) is 3. The van der Waals surface area contributed by atoms with Gasteiger partial charge in [0.15, 0.2) is 0 Å². The van der Waals surface area contributed by atoms with Crippen molar-refractivity contribution in [3.05, 3.63) is 52.6 Å². The van der Waals surface area contributed by atoms with E-state index in [1.54, 1.807) is 12.1 Å². The zero-order valence-corrected chi connectivity index (χ0v) is 12.4. The second-order valence-electron chi connectivity index (χ2n) is 3.92. The Kier molecular flexibility index (Phi) is 4.07. The largest absolute Gasteiger partial charge is 0.468 e. The molecule has 1 heterocycles. The topological polar surface area (TPSA) is 50.5 Å². The molecular formula is C12H11BrFNO3S. The van der Waals surface area contributed by atoms with Crippen molar-refractivity contribution in [3.8, 4) is 0 Å². The molecule has 0 N–H and O–H groups in total. The van der Waals surface area contributed by atoms with Gasteiger partial charge < -0.3 is 4.42 Å². The molecular weight excluding hydrogens is 337 g/mol. The average Bonchev–Trinajstić information content (AvgIpc) is 2.81. The summed E-state index contributed by atoms with van der Waals surface area (Å²) in [6, 6.07) is 7.15. The van der Waals surface area contributed by atoms with Gasteiger partial charge in [-0.25, -0.2) is 12.8 Å². The summed E-state index contributed by atoms with van der Waals surface area (Å²) in [5.41, 5.74) is 0. The third-order valence-electron chi connectivity index (χ3n) is 2.54. The van der Waals surface area contributed by atoms with Gasteiger partial charge in [0, 0.05) is 11.5 Å². The van der Waals surface area contributed by atoms with Gasteiger partial charge in [-0.15, -0.1) is 0 Å². The molecule has 0 aliphatic carbocycles. The number of nitrogens with zero attached hydrogens (tertiary/aromatic N) is 1. The van der Waals surface area contributed by atoms with Gasteiger partial charge in [-0.05, 0) is 30.3 Å². The lowest BCUT2D eigenvalue weighted by Gasteiger charge is -2.16. The predicted molar refractivity (Wildman–Crippen MR) is 71.5 cm³/mol. The van der Waals surface area contributed by atoms with E-state index in [4.69, 9.17) is 4.42 Å². The molecule has 19 heavy (non-hydrogen) atoms. The molecule has 0 unspecified atom stereocenters. The van der Waals surface area contributed by atoms with Crippen molar-refractivity contribution in [2.45, 2.75) is 11.4 Å². The normalized spacial score (nSPS) is 12.0. The van der Waals surface area contributed by atoms with Crippen LogP contribution in [-0.2, 0) is 16.6 Å². The van der Waals surface area contributed by atoms with E-state index in [0.29, 0.717) is 10.2 Å². The van der Waals surface area contributed by atoms with Crippen LogP contribution in [0.25, 0.3) is 0 Å². The Morgan fingerprint density at radius 3 is 2.68 bits per heavy atom. The highest BCUT2D eigenvalue weighted by Gasteiger charge is 2.25. The van der Waals surface area contributed by atoms with E-state index >= 15 is 0 Å². The first-order valence-electron chi connectivity index (χ1n) is 5.35. The summed E-state index contributed by atoms with van der Waals surface area (Å²) in [7, 11) is -2.51. The first-order valence-corrected chi connectivity index (χ1v) is 7.58. The molecule has 0 aliphatic heterocycles. The molecule has 0 aliphatic rings. The van der Waals surface area contributed by atoms with Crippen LogP contribution >= 0.6 is 15.9 Å². The van der Waals surface area contributed by atoms with Gasteiger partial charge in [-0.2, -0.15) is 4.31 Å². The van der Waals surface area contributed by atoms with Crippen LogP contribution in [0, 0.1) is 5.82 Å². The lowest BCUT2D eigenvalue weighted by Crippen LogP contribution is -2.27. The van der Waals surface area contributed by atoms with E-state index in [1.165, 1.54) is 25.4 Å². The van der Waals surface area contributed by atoms with Gasteiger partial charge in [-0.3, -0.25) is 0 Å². The maximum absolute atomic E-state index is 13.7. The number of furan rings is 1. The highest BCUT2D eigenvalue weighted by Crippen LogP contribution is 2.23. The van der Waals surface area contributed by atoms with Gasteiger partial charge in [0.25, 0.3) is 0 Å². The van der Waals surface area contributed by atoms with Crippen LogP contribution in [0.1, 0.15) is 5.76 Å². The van der Waals surface area contributed by atoms with Crippen LogP contribution in [-0.4, -0.2) is 19.8 Å². The van der Waals surface area contributed by atoms with Gasteiger partial charge in [0.2, 0.25) is 10.0 Å². The molecule has 1 aromatic heterocycles. The van der Waals surface area contributed by atoms with Crippen LogP contribution in [0.3, 0.4) is 0 Å². The van der Waals surface area contributed by atoms with Crippen molar-refractivity contribution in [1.29, 1.82) is 0 Å². The number of benzene rings is 1. The second-order valence-corrected chi connectivity index (χ2v) is 6.84. The summed E-state index contributed by atoms with van der Waals surface area (Å²) < 4.78 is 44.8.